The van der Waals surface area contributed by atoms with Crippen LogP contribution in [-0.4, -0.2) is 22.0 Å². The van der Waals surface area contributed by atoms with E-state index in [1.54, 1.807) is 22.7 Å². The van der Waals surface area contributed by atoms with Crippen LogP contribution in [0.25, 0.3) is 20.4 Å². The summed E-state index contributed by atoms with van der Waals surface area (Å²) < 4.78 is 1.22. The molecule has 1 aromatic carbocycles. The Hall–Kier alpha value is -2.09. The van der Waals surface area contributed by atoms with E-state index in [2.05, 4.69) is 31.1 Å². The topological polar surface area (TPSA) is 63.1 Å². The van der Waals surface area contributed by atoms with Gasteiger partial charge in [-0.25, -0.2) is 9.97 Å². The molecule has 7 heteroatoms. The number of aromatic amines is 1. The summed E-state index contributed by atoms with van der Waals surface area (Å²) >= 11 is 3.44. The first-order chi connectivity index (χ1) is 13.1. The highest BCUT2D eigenvalue weighted by atomic mass is 32.1. The normalized spacial score (nSPS) is 16.1. The average Bonchev–Trinajstić information content (AvgIpc) is 3.33. The molecule has 1 unspecified atom stereocenters. The number of rotatable bonds is 4. The Labute approximate surface area is 164 Å². The highest BCUT2D eigenvalue weighted by Gasteiger charge is 2.24. The lowest BCUT2D eigenvalue weighted by Gasteiger charge is -2.19. The fraction of sp³-hybridized carbons (Fsp3) is 0.350. The minimum atomic E-state index is 0.0230. The molecular formula is C20H21N4OS2+. The van der Waals surface area contributed by atoms with Crippen LogP contribution in [0, 0.1) is 0 Å². The third kappa shape index (κ3) is 2.90. The zero-order valence-electron chi connectivity index (χ0n) is 15.3. The van der Waals surface area contributed by atoms with Gasteiger partial charge in [0, 0.05) is 4.88 Å². The molecule has 4 aromatic rings. The smallest absolute Gasteiger partial charge is 0.260 e. The van der Waals surface area contributed by atoms with E-state index in [9.17, 15) is 4.79 Å². The molecular weight excluding hydrogens is 376 g/mol. The van der Waals surface area contributed by atoms with E-state index >= 15 is 0 Å². The van der Waals surface area contributed by atoms with E-state index in [0.717, 1.165) is 45.8 Å². The number of H-pyrrole nitrogens is 1. The van der Waals surface area contributed by atoms with E-state index < -0.39 is 0 Å². The number of hydrogen-bond donors (Lipinski definition) is 2. The Morgan fingerprint density at radius 2 is 2.07 bits per heavy atom. The summed E-state index contributed by atoms with van der Waals surface area (Å²) in [4.78, 5) is 28.8. The van der Waals surface area contributed by atoms with Crippen LogP contribution in [0.4, 0.5) is 0 Å². The van der Waals surface area contributed by atoms with Gasteiger partial charge >= 0.3 is 0 Å². The maximum atomic E-state index is 12.7. The minimum Gasteiger partial charge on any atom is -0.323 e. The number of benzene rings is 1. The van der Waals surface area contributed by atoms with Crippen LogP contribution in [0.5, 0.6) is 0 Å². The van der Waals surface area contributed by atoms with Crippen molar-refractivity contribution in [3.63, 3.8) is 0 Å². The number of fused-ring (bicyclic) bond motifs is 4. The molecule has 0 spiro atoms. The van der Waals surface area contributed by atoms with Crippen LogP contribution in [0.15, 0.2) is 29.1 Å². The molecule has 3 heterocycles. The van der Waals surface area contributed by atoms with Crippen molar-refractivity contribution in [2.24, 2.45) is 0 Å². The third-order valence-electron chi connectivity index (χ3n) is 5.49. The SMILES string of the molecule is C[C@H](c1nc2ccccc2s1)[NH+](C)Cc1nc2sc3c(c2c(=O)[nH]1)CCC3. The van der Waals surface area contributed by atoms with Gasteiger partial charge in [0.15, 0.2) is 10.8 Å². The standard InChI is InChI=1S/C20H20N4OS2/c1-11(19-21-13-7-3-4-8-15(13)27-19)24(2)10-16-22-18(25)17-12-6-5-9-14(12)26-20(17)23-16/h3-4,7-8,11H,5-6,9-10H2,1-2H3,(H,22,23,25)/p+1/t11-/m1/s1. The van der Waals surface area contributed by atoms with Crippen molar-refractivity contribution in [3.8, 4) is 0 Å². The second-order valence-corrected chi connectivity index (χ2v) is 9.46. The Balaban J connectivity index is 1.43. The highest BCUT2D eigenvalue weighted by Crippen LogP contribution is 2.34. The highest BCUT2D eigenvalue weighted by molar-refractivity contribution is 7.19. The molecule has 0 bridgehead atoms. The molecule has 0 amide bonds. The van der Waals surface area contributed by atoms with Crippen molar-refractivity contribution in [1.29, 1.82) is 0 Å². The third-order valence-corrected chi connectivity index (χ3v) is 7.90. The van der Waals surface area contributed by atoms with Gasteiger partial charge in [0.1, 0.15) is 17.4 Å². The lowest BCUT2D eigenvalue weighted by atomic mass is 10.2. The first kappa shape index (κ1) is 17.0. The molecule has 0 radical (unpaired) electrons. The predicted octanol–water partition coefficient (Wildman–Crippen LogP) is 2.86. The number of nitrogens with one attached hydrogen (secondary N) is 2. The number of para-hydroxylation sites is 1. The number of quaternary nitrogens is 1. The van der Waals surface area contributed by atoms with Gasteiger partial charge in [-0.3, -0.25) is 4.79 Å². The maximum absolute atomic E-state index is 12.7. The molecule has 0 fully saturated rings. The van der Waals surface area contributed by atoms with E-state index in [-0.39, 0.29) is 11.6 Å². The summed E-state index contributed by atoms with van der Waals surface area (Å²) in [7, 11) is 2.13. The maximum Gasteiger partial charge on any atom is 0.260 e. The van der Waals surface area contributed by atoms with Crippen LogP contribution in [-0.2, 0) is 19.4 Å². The number of nitrogens with zero attached hydrogens (tertiary/aromatic N) is 2. The summed E-state index contributed by atoms with van der Waals surface area (Å²) in [6.07, 6.45) is 3.26. The van der Waals surface area contributed by atoms with E-state index in [1.165, 1.54) is 20.0 Å². The van der Waals surface area contributed by atoms with Gasteiger partial charge in [0.2, 0.25) is 0 Å². The molecule has 3 aromatic heterocycles. The molecule has 0 saturated carbocycles. The van der Waals surface area contributed by atoms with Crippen LogP contribution >= 0.6 is 22.7 Å². The lowest BCUT2D eigenvalue weighted by Crippen LogP contribution is -3.07. The van der Waals surface area contributed by atoms with Gasteiger partial charge in [0.05, 0.1) is 22.7 Å². The van der Waals surface area contributed by atoms with Crippen LogP contribution in [0.3, 0.4) is 0 Å². The average molecular weight is 398 g/mol. The van der Waals surface area contributed by atoms with Crippen LogP contribution in [0.1, 0.15) is 40.7 Å². The Morgan fingerprint density at radius 1 is 1.22 bits per heavy atom. The van der Waals surface area contributed by atoms with Crippen molar-refractivity contribution in [1.82, 2.24) is 15.0 Å². The zero-order chi connectivity index (χ0) is 18.5. The van der Waals surface area contributed by atoms with Gasteiger partial charge in [-0.1, -0.05) is 12.1 Å². The summed E-state index contributed by atoms with van der Waals surface area (Å²) in [5.74, 6) is 0.762. The first-order valence-electron chi connectivity index (χ1n) is 9.31. The fourth-order valence-electron chi connectivity index (χ4n) is 3.83. The van der Waals surface area contributed by atoms with Crippen molar-refractivity contribution < 1.29 is 4.90 Å². The number of hydrogen-bond acceptors (Lipinski definition) is 5. The van der Waals surface area contributed by atoms with Gasteiger partial charge in [-0.05, 0) is 43.9 Å². The van der Waals surface area contributed by atoms with Gasteiger partial charge in [-0.15, -0.1) is 22.7 Å². The molecule has 5 nitrogen and oxygen atoms in total. The zero-order valence-corrected chi connectivity index (χ0v) is 17.0. The molecule has 0 saturated heterocycles. The molecule has 2 atom stereocenters. The largest absolute Gasteiger partial charge is 0.323 e. The summed E-state index contributed by atoms with van der Waals surface area (Å²) in [5.41, 5.74) is 2.31. The van der Waals surface area contributed by atoms with E-state index in [0.29, 0.717) is 6.54 Å². The Morgan fingerprint density at radius 3 is 2.93 bits per heavy atom. The Kier molecular flexibility index (Phi) is 4.11. The number of aryl methyl sites for hydroxylation is 2. The summed E-state index contributed by atoms with van der Waals surface area (Å²) in [5, 5.41) is 1.94. The van der Waals surface area contributed by atoms with Gasteiger partial charge < -0.3 is 9.88 Å². The quantitative estimate of drug-likeness (QED) is 0.557. The number of thiazole rings is 1. The van der Waals surface area contributed by atoms with Gasteiger partial charge in [0.25, 0.3) is 5.56 Å². The molecule has 1 aliphatic carbocycles. The molecule has 1 aliphatic rings. The van der Waals surface area contributed by atoms with Crippen molar-refractivity contribution >= 4 is 43.1 Å². The van der Waals surface area contributed by atoms with Crippen molar-refractivity contribution in [3.05, 3.63) is 55.9 Å². The van der Waals surface area contributed by atoms with Crippen molar-refractivity contribution in [2.75, 3.05) is 7.05 Å². The van der Waals surface area contributed by atoms with Crippen molar-refractivity contribution in [2.45, 2.75) is 38.8 Å². The number of aromatic nitrogens is 3. The van der Waals surface area contributed by atoms with Crippen LogP contribution in [0.2, 0.25) is 0 Å². The minimum absolute atomic E-state index is 0.0230. The molecule has 27 heavy (non-hydrogen) atoms. The predicted molar refractivity (Wildman–Crippen MR) is 111 cm³/mol. The number of thiophene rings is 1. The molecule has 138 valence electrons. The fourth-order valence-corrected chi connectivity index (χ4v) is 6.23. The molecule has 2 N–H and O–H groups in total. The summed E-state index contributed by atoms with van der Waals surface area (Å²) in [6.45, 7) is 2.86. The van der Waals surface area contributed by atoms with E-state index in [4.69, 9.17) is 9.97 Å². The summed E-state index contributed by atoms with van der Waals surface area (Å²) in [6, 6.07) is 8.47. The second kappa shape index (κ2) is 6.51. The lowest BCUT2D eigenvalue weighted by molar-refractivity contribution is -0.924. The molecule has 0 aliphatic heterocycles. The molecule has 5 rings (SSSR count). The second-order valence-electron chi connectivity index (χ2n) is 7.31. The van der Waals surface area contributed by atoms with Gasteiger partial charge in [-0.2, -0.15) is 0 Å². The Bertz CT molecular complexity index is 1170. The van der Waals surface area contributed by atoms with Crippen LogP contribution < -0.4 is 10.5 Å². The van der Waals surface area contributed by atoms with E-state index in [1.807, 2.05) is 12.1 Å². The monoisotopic (exact) mass is 397 g/mol. The first-order valence-corrected chi connectivity index (χ1v) is 10.9.